The van der Waals surface area contributed by atoms with Gasteiger partial charge in [-0.15, -0.1) is 11.6 Å². The number of halogens is 1. The summed E-state index contributed by atoms with van der Waals surface area (Å²) in [4.78, 5) is 11.0. The van der Waals surface area contributed by atoms with Crippen LogP contribution in [0, 0.1) is 0 Å². The molecule has 1 rings (SSSR count). The highest BCUT2D eigenvalue weighted by Gasteiger charge is 2.04. The van der Waals surface area contributed by atoms with Crippen molar-refractivity contribution in [3.63, 3.8) is 0 Å². The van der Waals surface area contributed by atoms with Crippen LogP contribution in [0.5, 0.6) is 5.75 Å². The third-order valence-electron chi connectivity index (χ3n) is 2.23. The molecule has 0 radical (unpaired) electrons. The molecule has 18 heavy (non-hydrogen) atoms. The van der Waals surface area contributed by atoms with Gasteiger partial charge in [0.15, 0.2) is 0 Å². The monoisotopic (exact) mass is 272 g/mol. The van der Waals surface area contributed by atoms with Gasteiger partial charge < -0.3 is 9.47 Å². The molecule has 0 amide bonds. The highest BCUT2D eigenvalue weighted by atomic mass is 35.5. The van der Waals surface area contributed by atoms with Crippen LogP contribution in [0.3, 0.4) is 0 Å². The molecule has 1 aromatic rings. The van der Waals surface area contributed by atoms with Crippen LogP contribution in [-0.4, -0.2) is 26.1 Å². The van der Waals surface area contributed by atoms with Gasteiger partial charge in [0.1, 0.15) is 5.75 Å². The molecule has 0 unspecified atom stereocenters. The Labute approximate surface area is 114 Å². The molecule has 0 atom stereocenters. The van der Waals surface area contributed by atoms with E-state index in [1.54, 1.807) is 31.4 Å². The van der Waals surface area contributed by atoms with Crippen molar-refractivity contribution < 1.29 is 14.3 Å². The van der Waals surface area contributed by atoms with E-state index in [0.29, 0.717) is 11.3 Å². The summed E-state index contributed by atoms with van der Waals surface area (Å²) >= 11 is 5.38. The van der Waals surface area contributed by atoms with Crippen molar-refractivity contribution in [2.45, 2.75) is 26.2 Å². The molecule has 0 N–H and O–H groups in total. The fraction of sp³-hybridized carbons (Fsp3) is 0.500. The van der Waals surface area contributed by atoms with Gasteiger partial charge in [0.2, 0.25) is 0 Å². The van der Waals surface area contributed by atoms with Gasteiger partial charge in [0, 0.05) is 5.88 Å². The first-order valence-corrected chi connectivity index (χ1v) is 6.51. The number of methoxy groups -OCH3 is 2. The van der Waals surface area contributed by atoms with Crippen LogP contribution in [-0.2, 0) is 4.74 Å². The van der Waals surface area contributed by atoms with Gasteiger partial charge in [-0.25, -0.2) is 4.79 Å². The Balaban J connectivity index is 0.000000411. The molecule has 0 heterocycles. The minimum Gasteiger partial charge on any atom is -0.497 e. The van der Waals surface area contributed by atoms with Gasteiger partial charge in [0.05, 0.1) is 19.8 Å². The number of hydrogen-bond acceptors (Lipinski definition) is 3. The topological polar surface area (TPSA) is 35.5 Å². The highest BCUT2D eigenvalue weighted by molar-refractivity contribution is 6.17. The number of alkyl halides is 1. The lowest BCUT2D eigenvalue weighted by atomic mass is 10.2. The smallest absolute Gasteiger partial charge is 0.337 e. The van der Waals surface area contributed by atoms with E-state index in [1.807, 2.05) is 0 Å². The third kappa shape index (κ3) is 7.17. The van der Waals surface area contributed by atoms with Gasteiger partial charge in [-0.2, -0.15) is 0 Å². The first-order chi connectivity index (χ1) is 8.69. The van der Waals surface area contributed by atoms with E-state index in [2.05, 4.69) is 11.7 Å². The minimum absolute atomic E-state index is 0.353. The zero-order chi connectivity index (χ0) is 13.8. The predicted molar refractivity (Wildman–Crippen MR) is 74.6 cm³/mol. The largest absolute Gasteiger partial charge is 0.497 e. The Morgan fingerprint density at radius 2 is 2.00 bits per heavy atom. The molecule has 0 aliphatic carbocycles. The van der Waals surface area contributed by atoms with Crippen molar-refractivity contribution in [1.82, 2.24) is 0 Å². The maximum absolute atomic E-state index is 11.0. The molecular formula is C14H21ClO3. The number of esters is 1. The molecule has 0 bridgehead atoms. The van der Waals surface area contributed by atoms with E-state index in [9.17, 15) is 4.79 Å². The molecule has 4 heteroatoms. The Morgan fingerprint density at radius 3 is 2.44 bits per heavy atom. The summed E-state index contributed by atoms with van der Waals surface area (Å²) in [6, 6.07) is 6.82. The van der Waals surface area contributed by atoms with E-state index >= 15 is 0 Å². The summed E-state index contributed by atoms with van der Waals surface area (Å²) in [5.41, 5.74) is 0.497. The molecular weight excluding hydrogens is 252 g/mol. The molecule has 102 valence electrons. The molecule has 0 aliphatic rings. The fourth-order valence-corrected chi connectivity index (χ4v) is 1.40. The normalized spacial score (nSPS) is 9.11. The van der Waals surface area contributed by atoms with Gasteiger partial charge in [-0.1, -0.05) is 25.8 Å². The van der Waals surface area contributed by atoms with Crippen molar-refractivity contribution in [3.8, 4) is 5.75 Å². The van der Waals surface area contributed by atoms with E-state index in [4.69, 9.17) is 16.3 Å². The number of rotatable bonds is 5. The second-order valence-corrected chi connectivity index (χ2v) is 4.00. The summed E-state index contributed by atoms with van der Waals surface area (Å²) in [5, 5.41) is 0. The van der Waals surface area contributed by atoms with Crippen LogP contribution < -0.4 is 4.74 Å². The van der Waals surface area contributed by atoms with Crippen LogP contribution in [0.15, 0.2) is 24.3 Å². The van der Waals surface area contributed by atoms with Crippen LogP contribution >= 0.6 is 11.6 Å². The Kier molecular flexibility index (Phi) is 10.2. The van der Waals surface area contributed by atoms with E-state index in [1.165, 1.54) is 26.4 Å². The first kappa shape index (κ1) is 16.8. The summed E-state index contributed by atoms with van der Waals surface area (Å²) in [7, 11) is 2.90. The van der Waals surface area contributed by atoms with E-state index < -0.39 is 0 Å². The van der Waals surface area contributed by atoms with Gasteiger partial charge in [0.25, 0.3) is 0 Å². The van der Waals surface area contributed by atoms with Crippen molar-refractivity contribution >= 4 is 17.6 Å². The lowest BCUT2D eigenvalue weighted by Crippen LogP contribution is -2.00. The average molecular weight is 273 g/mol. The van der Waals surface area contributed by atoms with Crippen LogP contribution in [0.1, 0.15) is 36.5 Å². The number of hydrogen-bond donors (Lipinski definition) is 0. The van der Waals surface area contributed by atoms with Gasteiger partial charge in [-0.3, -0.25) is 0 Å². The lowest BCUT2D eigenvalue weighted by molar-refractivity contribution is 0.0600. The number of ether oxygens (including phenoxy) is 2. The third-order valence-corrected chi connectivity index (χ3v) is 2.50. The maximum atomic E-state index is 11.0. The number of unbranched alkanes of at least 4 members (excludes halogenated alkanes) is 2. The molecule has 0 saturated heterocycles. The van der Waals surface area contributed by atoms with Crippen molar-refractivity contribution in [3.05, 3.63) is 29.8 Å². The summed E-state index contributed by atoms with van der Waals surface area (Å²) in [5.74, 6) is 1.13. The lowest BCUT2D eigenvalue weighted by Gasteiger charge is -2.01. The van der Waals surface area contributed by atoms with Gasteiger partial charge in [-0.05, 0) is 24.6 Å². The number of carbonyl (C=O) groups excluding carboxylic acids is 1. The number of carbonyl (C=O) groups is 1. The Hall–Kier alpha value is -1.22. The average Bonchev–Trinajstić information content (AvgIpc) is 2.44. The zero-order valence-electron chi connectivity index (χ0n) is 11.2. The standard InChI is InChI=1S/C9H10O3.C5H11Cl/c1-11-8-5-3-4-7(6-8)9(10)12-2;1-2-3-4-5-6/h3-6H,1-2H3;2-5H2,1H3. The molecule has 1 aromatic carbocycles. The molecule has 0 aliphatic heterocycles. The van der Waals surface area contributed by atoms with Crippen LogP contribution in [0.4, 0.5) is 0 Å². The molecule has 3 nitrogen and oxygen atoms in total. The predicted octanol–water partition coefficient (Wildman–Crippen LogP) is 3.90. The quantitative estimate of drug-likeness (QED) is 0.463. The molecule has 0 saturated carbocycles. The number of benzene rings is 1. The summed E-state index contributed by atoms with van der Waals surface area (Å²) in [6.45, 7) is 2.17. The summed E-state index contributed by atoms with van der Waals surface area (Å²) < 4.78 is 9.48. The van der Waals surface area contributed by atoms with Crippen LogP contribution in [0.25, 0.3) is 0 Å². The minimum atomic E-state index is -0.353. The zero-order valence-corrected chi connectivity index (χ0v) is 12.0. The first-order valence-electron chi connectivity index (χ1n) is 5.97. The van der Waals surface area contributed by atoms with Crippen molar-refractivity contribution in [2.24, 2.45) is 0 Å². The maximum Gasteiger partial charge on any atom is 0.337 e. The molecule has 0 spiro atoms. The van der Waals surface area contributed by atoms with Crippen molar-refractivity contribution in [2.75, 3.05) is 20.1 Å². The summed E-state index contributed by atoms with van der Waals surface area (Å²) in [6.07, 6.45) is 3.73. The van der Waals surface area contributed by atoms with E-state index in [-0.39, 0.29) is 5.97 Å². The molecule has 0 fully saturated rings. The SMILES string of the molecule is CCCCCCl.COC(=O)c1cccc(OC)c1. The Bertz CT molecular complexity index is 336. The van der Waals surface area contributed by atoms with Crippen LogP contribution in [0.2, 0.25) is 0 Å². The highest BCUT2D eigenvalue weighted by Crippen LogP contribution is 2.12. The van der Waals surface area contributed by atoms with Gasteiger partial charge >= 0.3 is 5.97 Å². The fourth-order valence-electron chi connectivity index (χ4n) is 1.21. The van der Waals surface area contributed by atoms with Crippen molar-refractivity contribution in [1.29, 1.82) is 0 Å². The second kappa shape index (κ2) is 10.9. The molecule has 0 aromatic heterocycles. The second-order valence-electron chi connectivity index (χ2n) is 3.62. The van der Waals surface area contributed by atoms with E-state index in [0.717, 1.165) is 5.88 Å². The Morgan fingerprint density at radius 1 is 1.28 bits per heavy atom.